The standard InChI is InChI=1S/C25H21FN6O3/c1-13-28-21-17-8-7-15(26)9-20(17)35-22(21)24(29-13)32-12-16(10-19(32)25(33)34)30-23-18(11-27-31-23)14-5-3-2-4-6-14/h2-9,11,16,19H,10,12H2,1H3,(H,33,34)(H2,27,30,31). The number of carboxylic acids is 1. The molecule has 0 spiro atoms. The largest absolute Gasteiger partial charge is 0.480 e. The monoisotopic (exact) mass is 472 g/mol. The lowest BCUT2D eigenvalue weighted by atomic mass is 10.1. The Morgan fingerprint density at radius 3 is 2.86 bits per heavy atom. The van der Waals surface area contributed by atoms with Crippen LogP contribution in [0.15, 0.2) is 59.1 Å². The molecule has 9 nitrogen and oxygen atoms in total. The van der Waals surface area contributed by atoms with Crippen molar-refractivity contribution in [3.05, 3.63) is 66.4 Å². The third-order valence-corrected chi connectivity index (χ3v) is 6.29. The van der Waals surface area contributed by atoms with Gasteiger partial charge in [0.1, 0.15) is 28.8 Å². The summed E-state index contributed by atoms with van der Waals surface area (Å²) in [5, 5.41) is 21.3. The minimum atomic E-state index is -0.966. The van der Waals surface area contributed by atoms with Crippen LogP contribution in [0.4, 0.5) is 16.0 Å². The maximum atomic E-state index is 13.8. The summed E-state index contributed by atoms with van der Waals surface area (Å²) in [5.41, 5.74) is 3.10. The number of furan rings is 1. The van der Waals surface area contributed by atoms with E-state index in [4.69, 9.17) is 4.42 Å². The Hall–Kier alpha value is -4.47. The van der Waals surface area contributed by atoms with Gasteiger partial charge >= 0.3 is 5.97 Å². The lowest BCUT2D eigenvalue weighted by Crippen LogP contribution is -2.37. The van der Waals surface area contributed by atoms with E-state index in [1.807, 2.05) is 36.5 Å². The minimum Gasteiger partial charge on any atom is -0.480 e. The van der Waals surface area contributed by atoms with Gasteiger partial charge in [-0.1, -0.05) is 30.3 Å². The van der Waals surface area contributed by atoms with Gasteiger partial charge < -0.3 is 19.7 Å². The molecule has 4 heterocycles. The fourth-order valence-corrected chi connectivity index (χ4v) is 4.74. The second-order valence-corrected chi connectivity index (χ2v) is 8.61. The first-order valence-electron chi connectivity index (χ1n) is 11.2. The Labute approximate surface area is 198 Å². The Morgan fingerprint density at radius 2 is 2.06 bits per heavy atom. The molecule has 2 unspecified atom stereocenters. The van der Waals surface area contributed by atoms with E-state index in [1.165, 1.54) is 12.1 Å². The molecule has 0 radical (unpaired) electrons. The molecule has 1 fully saturated rings. The first kappa shape index (κ1) is 21.1. The lowest BCUT2D eigenvalue weighted by Gasteiger charge is -2.22. The first-order valence-corrected chi connectivity index (χ1v) is 11.2. The van der Waals surface area contributed by atoms with Crippen molar-refractivity contribution in [2.75, 3.05) is 16.8 Å². The molecule has 3 N–H and O–H groups in total. The van der Waals surface area contributed by atoms with Crippen LogP contribution in [0.25, 0.3) is 33.2 Å². The van der Waals surface area contributed by atoms with Crippen LogP contribution in [-0.2, 0) is 4.79 Å². The van der Waals surface area contributed by atoms with Crippen LogP contribution in [0.2, 0.25) is 0 Å². The predicted octanol–water partition coefficient (Wildman–Crippen LogP) is 4.36. The molecule has 1 aliphatic rings. The van der Waals surface area contributed by atoms with E-state index in [9.17, 15) is 14.3 Å². The zero-order chi connectivity index (χ0) is 24.1. The molecule has 5 aromatic rings. The summed E-state index contributed by atoms with van der Waals surface area (Å²) in [7, 11) is 0. The summed E-state index contributed by atoms with van der Waals surface area (Å²) in [4.78, 5) is 23.0. The van der Waals surface area contributed by atoms with E-state index in [0.717, 1.165) is 11.1 Å². The number of aromatic amines is 1. The quantitative estimate of drug-likeness (QED) is 0.345. The van der Waals surface area contributed by atoms with Gasteiger partial charge in [0.05, 0.1) is 0 Å². The molecule has 0 aliphatic carbocycles. The van der Waals surface area contributed by atoms with Crippen LogP contribution < -0.4 is 10.2 Å². The maximum Gasteiger partial charge on any atom is 0.326 e. The van der Waals surface area contributed by atoms with Gasteiger partial charge in [0.15, 0.2) is 17.2 Å². The number of H-pyrrole nitrogens is 1. The van der Waals surface area contributed by atoms with Gasteiger partial charge in [-0.15, -0.1) is 0 Å². The van der Waals surface area contributed by atoms with Gasteiger partial charge in [-0.05, 0) is 24.6 Å². The van der Waals surface area contributed by atoms with E-state index in [2.05, 4.69) is 25.5 Å². The Balaban J connectivity index is 1.37. The fraction of sp³-hybridized carbons (Fsp3) is 0.200. The number of hydrogen-bond donors (Lipinski definition) is 3. The van der Waals surface area contributed by atoms with Gasteiger partial charge in [0, 0.05) is 42.2 Å². The van der Waals surface area contributed by atoms with E-state index in [-0.39, 0.29) is 6.04 Å². The SMILES string of the molecule is Cc1nc(N2CC(Nc3n[nH]cc3-c3ccccc3)CC2C(=O)O)c2oc3cc(F)ccc3c2n1. The third-order valence-electron chi connectivity index (χ3n) is 6.29. The van der Waals surface area contributed by atoms with Gasteiger partial charge in [-0.2, -0.15) is 5.10 Å². The first-order chi connectivity index (χ1) is 17.0. The van der Waals surface area contributed by atoms with Crippen molar-refractivity contribution >= 4 is 39.7 Å². The third kappa shape index (κ3) is 3.63. The van der Waals surface area contributed by atoms with Crippen LogP contribution >= 0.6 is 0 Å². The summed E-state index contributed by atoms with van der Waals surface area (Å²) < 4.78 is 19.7. The molecule has 2 aromatic carbocycles. The highest BCUT2D eigenvalue weighted by Crippen LogP contribution is 2.37. The molecule has 1 aliphatic heterocycles. The molecule has 10 heteroatoms. The highest BCUT2D eigenvalue weighted by molar-refractivity contribution is 6.06. The molecule has 2 atom stereocenters. The number of aromatic nitrogens is 4. The number of aliphatic carboxylic acids is 1. The molecule has 0 amide bonds. The molecule has 0 saturated carbocycles. The topological polar surface area (TPSA) is 120 Å². The van der Waals surface area contributed by atoms with Crippen molar-refractivity contribution in [1.29, 1.82) is 0 Å². The van der Waals surface area contributed by atoms with Crippen molar-refractivity contribution < 1.29 is 18.7 Å². The number of nitrogens with one attached hydrogen (secondary N) is 2. The zero-order valence-corrected chi connectivity index (χ0v) is 18.7. The highest BCUT2D eigenvalue weighted by Gasteiger charge is 2.40. The molecular weight excluding hydrogens is 451 g/mol. The number of halogens is 1. The number of hydrogen-bond acceptors (Lipinski definition) is 7. The number of aryl methyl sites for hydroxylation is 1. The van der Waals surface area contributed by atoms with Crippen molar-refractivity contribution in [3.63, 3.8) is 0 Å². The van der Waals surface area contributed by atoms with Crippen LogP contribution in [0.3, 0.4) is 0 Å². The number of fused-ring (bicyclic) bond motifs is 3. The predicted molar refractivity (Wildman–Crippen MR) is 129 cm³/mol. The number of anilines is 2. The van der Waals surface area contributed by atoms with E-state index < -0.39 is 17.8 Å². The minimum absolute atomic E-state index is 0.214. The number of carboxylic acid groups (broad SMARTS) is 1. The van der Waals surface area contributed by atoms with Gasteiger partial charge in [-0.3, -0.25) is 5.10 Å². The summed E-state index contributed by atoms with van der Waals surface area (Å²) in [6.45, 7) is 2.09. The van der Waals surface area contributed by atoms with Crippen LogP contribution in [0.1, 0.15) is 12.2 Å². The number of carbonyl (C=O) groups is 1. The summed E-state index contributed by atoms with van der Waals surface area (Å²) in [6.07, 6.45) is 2.14. The van der Waals surface area contributed by atoms with Crippen LogP contribution in [0, 0.1) is 12.7 Å². The van der Waals surface area contributed by atoms with Crippen molar-refractivity contribution in [3.8, 4) is 11.1 Å². The smallest absolute Gasteiger partial charge is 0.326 e. The number of benzene rings is 2. The molecule has 6 rings (SSSR count). The Kier molecular flexibility index (Phi) is 4.87. The maximum absolute atomic E-state index is 13.8. The summed E-state index contributed by atoms with van der Waals surface area (Å²) >= 11 is 0. The molecule has 0 bridgehead atoms. The normalized spacial score (nSPS) is 17.9. The van der Waals surface area contributed by atoms with Gasteiger partial charge in [0.25, 0.3) is 0 Å². The number of nitrogens with zero attached hydrogens (tertiary/aromatic N) is 4. The molecular formula is C25H21FN6O3. The molecule has 1 saturated heterocycles. The zero-order valence-electron chi connectivity index (χ0n) is 18.7. The van der Waals surface area contributed by atoms with Gasteiger partial charge in [0.2, 0.25) is 0 Å². The van der Waals surface area contributed by atoms with Crippen LogP contribution in [0.5, 0.6) is 0 Å². The van der Waals surface area contributed by atoms with Gasteiger partial charge in [-0.25, -0.2) is 19.2 Å². The summed E-state index contributed by atoms with van der Waals surface area (Å²) in [6, 6.07) is 13.0. The molecule has 35 heavy (non-hydrogen) atoms. The summed E-state index contributed by atoms with van der Waals surface area (Å²) in [5.74, 6) is 0.108. The lowest BCUT2D eigenvalue weighted by molar-refractivity contribution is -0.138. The fourth-order valence-electron chi connectivity index (χ4n) is 4.74. The number of rotatable bonds is 5. The van der Waals surface area contributed by atoms with Crippen molar-refractivity contribution in [1.82, 2.24) is 20.2 Å². The van der Waals surface area contributed by atoms with E-state index >= 15 is 0 Å². The van der Waals surface area contributed by atoms with Crippen LogP contribution in [-0.4, -0.2) is 49.9 Å². The average molecular weight is 472 g/mol. The van der Waals surface area contributed by atoms with Crippen molar-refractivity contribution in [2.45, 2.75) is 25.4 Å². The highest BCUT2D eigenvalue weighted by atomic mass is 19.1. The second-order valence-electron chi connectivity index (χ2n) is 8.61. The molecule has 176 valence electrons. The Morgan fingerprint density at radius 1 is 1.23 bits per heavy atom. The average Bonchev–Trinajstić information content (AvgIpc) is 3.56. The van der Waals surface area contributed by atoms with Crippen molar-refractivity contribution in [2.24, 2.45) is 0 Å². The Bertz CT molecular complexity index is 1560. The molecule has 3 aromatic heterocycles. The van der Waals surface area contributed by atoms with E-state index in [0.29, 0.717) is 52.5 Å². The van der Waals surface area contributed by atoms with E-state index in [1.54, 1.807) is 17.9 Å². The second kappa shape index (κ2) is 8.08.